The molecule has 0 fully saturated rings. The van der Waals surface area contributed by atoms with E-state index in [1.165, 1.54) is 82.7 Å². The molecule has 1 heterocycles. The quantitative estimate of drug-likeness (QED) is 0.405. The first-order valence-corrected chi connectivity index (χ1v) is 8.95. The molecule has 22 heavy (non-hydrogen) atoms. The van der Waals surface area contributed by atoms with E-state index in [2.05, 4.69) is 11.9 Å². The maximum Gasteiger partial charge on any atom is 0.337 e. The summed E-state index contributed by atoms with van der Waals surface area (Å²) >= 11 is 5.60. The molecule has 4 heteroatoms. The smallest absolute Gasteiger partial charge is 0.337 e. The summed E-state index contributed by atoms with van der Waals surface area (Å²) in [5.41, 5.74) is 0.220. The van der Waals surface area contributed by atoms with E-state index in [0.717, 1.165) is 5.88 Å². The molecule has 0 aliphatic carbocycles. The largest absolute Gasteiger partial charge is 0.478 e. The van der Waals surface area contributed by atoms with Crippen LogP contribution in [0.5, 0.6) is 0 Å². The van der Waals surface area contributed by atoms with Crippen LogP contribution in [0, 0.1) is 0 Å². The van der Waals surface area contributed by atoms with E-state index in [1.54, 1.807) is 6.07 Å². The van der Waals surface area contributed by atoms with Gasteiger partial charge in [-0.15, -0.1) is 11.6 Å². The van der Waals surface area contributed by atoms with Crippen molar-refractivity contribution in [1.82, 2.24) is 4.98 Å². The predicted octanol–water partition coefficient (Wildman–Crippen LogP) is 5.93. The normalized spacial score (nSPS) is 9.91. The Morgan fingerprint density at radius 3 is 1.95 bits per heavy atom. The lowest BCUT2D eigenvalue weighted by molar-refractivity contribution is 0.0696. The lowest BCUT2D eigenvalue weighted by Gasteiger charge is -2.00. The van der Waals surface area contributed by atoms with E-state index >= 15 is 0 Å². The number of aromatic carboxylic acids is 1. The molecule has 0 saturated heterocycles. The molecular formula is C18H30ClNO2. The molecule has 0 spiro atoms. The molecule has 3 nitrogen and oxygen atoms in total. The van der Waals surface area contributed by atoms with Crippen LogP contribution in [0.3, 0.4) is 0 Å². The van der Waals surface area contributed by atoms with Crippen molar-refractivity contribution in [2.45, 2.75) is 71.1 Å². The van der Waals surface area contributed by atoms with Gasteiger partial charge in [0.2, 0.25) is 0 Å². The molecule has 1 N–H and O–H groups in total. The van der Waals surface area contributed by atoms with Crippen molar-refractivity contribution >= 4 is 17.6 Å². The fourth-order valence-corrected chi connectivity index (χ4v) is 2.26. The molecule has 0 aliphatic rings. The Morgan fingerprint density at radius 1 is 1.05 bits per heavy atom. The summed E-state index contributed by atoms with van der Waals surface area (Å²) in [6.07, 6.45) is 16.7. The van der Waals surface area contributed by atoms with Gasteiger partial charge in [-0.2, -0.15) is 0 Å². The molecule has 0 atom stereocenters. The summed E-state index contributed by atoms with van der Waals surface area (Å²) in [6.45, 7) is 2.27. The maximum atomic E-state index is 10.2. The number of aromatic nitrogens is 1. The maximum absolute atomic E-state index is 10.2. The number of carboxylic acid groups (broad SMARTS) is 1. The lowest BCUT2D eigenvalue weighted by Crippen LogP contribution is -1.94. The van der Waals surface area contributed by atoms with Crippen LogP contribution >= 0.6 is 11.6 Å². The summed E-state index contributed by atoms with van der Waals surface area (Å²) < 4.78 is 0. The Bertz CT molecular complexity index is 347. The Balaban J connectivity index is 0.000000425. The van der Waals surface area contributed by atoms with E-state index in [4.69, 9.17) is 16.7 Å². The van der Waals surface area contributed by atoms with Crippen LogP contribution in [0.15, 0.2) is 24.5 Å². The van der Waals surface area contributed by atoms with Gasteiger partial charge in [0.15, 0.2) is 0 Å². The highest BCUT2D eigenvalue weighted by atomic mass is 35.5. The van der Waals surface area contributed by atoms with E-state index in [9.17, 15) is 4.79 Å². The minimum Gasteiger partial charge on any atom is -0.478 e. The number of nitrogens with zero attached hydrogens (tertiary/aromatic N) is 1. The average molecular weight is 328 g/mol. The Kier molecular flexibility index (Phi) is 15.5. The second-order valence-electron chi connectivity index (χ2n) is 5.42. The molecule has 0 aromatic carbocycles. The standard InChI is InChI=1S/C12H25Cl.C6H5NO2/c1-2-3-4-5-6-7-8-9-10-11-12-13;8-6(9)5-2-1-3-7-4-5/h2-12H2,1H3;1-4H,(H,8,9). The Morgan fingerprint density at radius 2 is 1.59 bits per heavy atom. The van der Waals surface area contributed by atoms with Crippen LogP contribution in [0.25, 0.3) is 0 Å². The summed E-state index contributed by atoms with van der Waals surface area (Å²) in [6, 6.07) is 3.08. The molecular weight excluding hydrogens is 298 g/mol. The second kappa shape index (κ2) is 16.3. The molecule has 1 aromatic heterocycles. The number of hydrogen-bond donors (Lipinski definition) is 1. The number of hydrogen-bond acceptors (Lipinski definition) is 2. The average Bonchev–Trinajstić information content (AvgIpc) is 2.55. The van der Waals surface area contributed by atoms with Crippen molar-refractivity contribution < 1.29 is 9.90 Å². The van der Waals surface area contributed by atoms with Crippen molar-refractivity contribution in [2.24, 2.45) is 0 Å². The molecule has 0 unspecified atom stereocenters. The minimum absolute atomic E-state index is 0.220. The third-order valence-corrected chi connectivity index (χ3v) is 3.66. The van der Waals surface area contributed by atoms with E-state index in [0.29, 0.717) is 0 Å². The second-order valence-corrected chi connectivity index (χ2v) is 5.80. The predicted molar refractivity (Wildman–Crippen MR) is 93.8 cm³/mol. The number of carboxylic acids is 1. The lowest BCUT2D eigenvalue weighted by atomic mass is 10.1. The molecule has 0 amide bonds. The third-order valence-electron chi connectivity index (χ3n) is 3.40. The van der Waals surface area contributed by atoms with Gasteiger partial charge in [0, 0.05) is 18.3 Å². The van der Waals surface area contributed by atoms with Crippen LogP contribution in [0.2, 0.25) is 0 Å². The highest BCUT2D eigenvalue weighted by Crippen LogP contribution is 2.10. The SMILES string of the molecule is CCCCCCCCCCCCCl.O=C(O)c1cccnc1. The minimum atomic E-state index is -0.942. The van der Waals surface area contributed by atoms with Gasteiger partial charge < -0.3 is 5.11 Å². The van der Waals surface area contributed by atoms with Gasteiger partial charge >= 0.3 is 5.97 Å². The zero-order valence-corrected chi connectivity index (χ0v) is 14.5. The van der Waals surface area contributed by atoms with Gasteiger partial charge in [-0.25, -0.2) is 4.79 Å². The summed E-state index contributed by atoms with van der Waals surface area (Å²) in [4.78, 5) is 13.8. The van der Waals surface area contributed by atoms with Crippen LogP contribution in [0.4, 0.5) is 0 Å². The number of alkyl halides is 1. The van der Waals surface area contributed by atoms with Gasteiger partial charge in [-0.05, 0) is 18.6 Å². The van der Waals surface area contributed by atoms with Gasteiger partial charge in [0.05, 0.1) is 5.56 Å². The molecule has 126 valence electrons. The summed E-state index contributed by atoms with van der Waals surface area (Å²) in [7, 11) is 0. The van der Waals surface area contributed by atoms with E-state index < -0.39 is 5.97 Å². The highest BCUT2D eigenvalue weighted by molar-refractivity contribution is 6.17. The fourth-order valence-electron chi connectivity index (χ4n) is 2.07. The zero-order chi connectivity index (χ0) is 16.5. The molecule has 1 rings (SSSR count). The molecule has 0 saturated carbocycles. The summed E-state index contributed by atoms with van der Waals surface area (Å²) in [5.74, 6) is -0.0978. The fraction of sp³-hybridized carbons (Fsp3) is 0.667. The van der Waals surface area contributed by atoms with Crippen molar-refractivity contribution in [3.05, 3.63) is 30.1 Å². The molecule has 0 radical (unpaired) electrons. The molecule has 0 aliphatic heterocycles. The van der Waals surface area contributed by atoms with Crippen LogP contribution in [0.1, 0.15) is 81.5 Å². The van der Waals surface area contributed by atoms with Gasteiger partial charge in [0.1, 0.15) is 0 Å². The van der Waals surface area contributed by atoms with E-state index in [1.807, 2.05) is 0 Å². The number of carbonyl (C=O) groups is 1. The molecule has 0 bridgehead atoms. The van der Waals surface area contributed by atoms with Crippen molar-refractivity contribution in [1.29, 1.82) is 0 Å². The number of unbranched alkanes of at least 4 members (excludes halogenated alkanes) is 9. The van der Waals surface area contributed by atoms with Crippen LogP contribution < -0.4 is 0 Å². The Labute approximate surface area is 140 Å². The first kappa shape index (κ1) is 20.9. The number of rotatable bonds is 11. The third kappa shape index (κ3) is 13.9. The monoisotopic (exact) mass is 327 g/mol. The van der Waals surface area contributed by atoms with Crippen molar-refractivity contribution in [2.75, 3.05) is 5.88 Å². The van der Waals surface area contributed by atoms with Crippen molar-refractivity contribution in [3.8, 4) is 0 Å². The number of halogens is 1. The van der Waals surface area contributed by atoms with Gasteiger partial charge in [-0.3, -0.25) is 4.98 Å². The first-order chi connectivity index (χ1) is 10.7. The summed E-state index contributed by atoms with van der Waals surface area (Å²) in [5, 5.41) is 8.34. The van der Waals surface area contributed by atoms with Crippen LogP contribution in [-0.2, 0) is 0 Å². The first-order valence-electron chi connectivity index (χ1n) is 8.41. The Hall–Kier alpha value is -1.09. The van der Waals surface area contributed by atoms with Gasteiger partial charge in [-0.1, -0.05) is 64.7 Å². The topological polar surface area (TPSA) is 50.2 Å². The molecule has 1 aromatic rings. The van der Waals surface area contributed by atoms with Crippen LogP contribution in [-0.4, -0.2) is 21.9 Å². The van der Waals surface area contributed by atoms with Crippen molar-refractivity contribution in [3.63, 3.8) is 0 Å². The zero-order valence-electron chi connectivity index (χ0n) is 13.8. The van der Waals surface area contributed by atoms with E-state index in [-0.39, 0.29) is 5.56 Å². The van der Waals surface area contributed by atoms with Gasteiger partial charge in [0.25, 0.3) is 0 Å². The highest BCUT2D eigenvalue weighted by Gasteiger charge is 1.97. The number of pyridine rings is 1.